The monoisotopic (exact) mass is 363 g/mol. The molecule has 0 bridgehead atoms. The van der Waals surface area contributed by atoms with Gasteiger partial charge in [0, 0.05) is 10.6 Å². The molecule has 0 aliphatic carbocycles. The van der Waals surface area contributed by atoms with Crippen molar-refractivity contribution in [1.82, 2.24) is 4.98 Å². The molecule has 0 saturated carbocycles. The molecule has 1 heterocycles. The van der Waals surface area contributed by atoms with Gasteiger partial charge in [-0.25, -0.2) is 14.2 Å². The van der Waals surface area contributed by atoms with E-state index < -0.39 is 11.8 Å². The summed E-state index contributed by atoms with van der Waals surface area (Å²) in [5, 5.41) is 10.3. The molecule has 0 atom stereocenters. The van der Waals surface area contributed by atoms with Crippen molar-refractivity contribution in [3.63, 3.8) is 0 Å². The lowest BCUT2D eigenvalue weighted by atomic mass is 10.2. The standard InChI is InChI=1S/C17H11ClFNO3S/c18-12-6-4-10(5-7-12)9-23-15-14(17(21)22)24-16(20-15)11-2-1-3-13(19)8-11/h1-8H,9H2,(H,21,22). The summed E-state index contributed by atoms with van der Waals surface area (Å²) < 4.78 is 18.9. The maximum atomic E-state index is 13.3. The van der Waals surface area contributed by atoms with Crippen molar-refractivity contribution in [3.05, 3.63) is 69.8 Å². The minimum atomic E-state index is -1.14. The summed E-state index contributed by atoms with van der Waals surface area (Å²) in [4.78, 5) is 15.6. The molecule has 0 spiro atoms. The second-order valence-electron chi connectivity index (χ2n) is 4.88. The number of halogens is 2. The first-order valence-electron chi connectivity index (χ1n) is 6.90. The molecule has 24 heavy (non-hydrogen) atoms. The molecule has 3 aromatic rings. The summed E-state index contributed by atoms with van der Waals surface area (Å²) in [5.74, 6) is -1.54. The van der Waals surface area contributed by atoms with Crippen LogP contribution in [0.3, 0.4) is 0 Å². The Hall–Kier alpha value is -2.44. The highest BCUT2D eigenvalue weighted by Gasteiger charge is 2.20. The Balaban J connectivity index is 1.86. The van der Waals surface area contributed by atoms with E-state index in [-0.39, 0.29) is 17.4 Å². The van der Waals surface area contributed by atoms with Gasteiger partial charge in [0.05, 0.1) is 0 Å². The van der Waals surface area contributed by atoms with E-state index in [4.69, 9.17) is 16.3 Å². The molecule has 3 rings (SSSR count). The number of thiazole rings is 1. The Morgan fingerprint density at radius 1 is 1.25 bits per heavy atom. The fourth-order valence-electron chi connectivity index (χ4n) is 2.02. The molecule has 0 amide bonds. The van der Waals surface area contributed by atoms with Crippen molar-refractivity contribution in [1.29, 1.82) is 0 Å². The van der Waals surface area contributed by atoms with Crippen molar-refractivity contribution in [3.8, 4) is 16.5 Å². The van der Waals surface area contributed by atoms with Crippen LogP contribution in [-0.4, -0.2) is 16.1 Å². The molecule has 0 aliphatic rings. The third-order valence-electron chi connectivity index (χ3n) is 3.15. The van der Waals surface area contributed by atoms with Crippen molar-refractivity contribution in [2.24, 2.45) is 0 Å². The SMILES string of the molecule is O=C(O)c1sc(-c2cccc(F)c2)nc1OCc1ccc(Cl)cc1. The number of ether oxygens (including phenoxy) is 1. The van der Waals surface area contributed by atoms with E-state index >= 15 is 0 Å². The van der Waals surface area contributed by atoms with Gasteiger partial charge in [0.2, 0.25) is 5.88 Å². The lowest BCUT2D eigenvalue weighted by molar-refractivity contribution is 0.0697. The first-order valence-corrected chi connectivity index (χ1v) is 8.09. The average molecular weight is 364 g/mol. The van der Waals surface area contributed by atoms with Crippen LogP contribution in [0.4, 0.5) is 4.39 Å². The van der Waals surface area contributed by atoms with E-state index in [1.165, 1.54) is 12.1 Å². The quantitative estimate of drug-likeness (QED) is 0.701. The first kappa shape index (κ1) is 16.4. The molecule has 1 N–H and O–H groups in total. The van der Waals surface area contributed by atoms with Crippen LogP contribution in [0.25, 0.3) is 10.6 Å². The summed E-state index contributed by atoms with van der Waals surface area (Å²) in [6, 6.07) is 12.8. The van der Waals surface area contributed by atoms with Crippen LogP contribution in [0.15, 0.2) is 48.5 Å². The summed E-state index contributed by atoms with van der Waals surface area (Å²) in [6.07, 6.45) is 0. The Morgan fingerprint density at radius 2 is 2.00 bits per heavy atom. The van der Waals surface area contributed by atoms with E-state index in [0.29, 0.717) is 15.6 Å². The number of hydrogen-bond donors (Lipinski definition) is 1. The third-order valence-corrected chi connectivity index (χ3v) is 4.48. The summed E-state index contributed by atoms with van der Waals surface area (Å²) in [5.41, 5.74) is 1.33. The Kier molecular flexibility index (Phi) is 4.78. The van der Waals surface area contributed by atoms with Crippen LogP contribution in [0, 0.1) is 5.82 Å². The number of rotatable bonds is 5. The van der Waals surface area contributed by atoms with Crippen LogP contribution in [0.1, 0.15) is 15.2 Å². The average Bonchev–Trinajstić information content (AvgIpc) is 2.99. The molecule has 1 aromatic heterocycles. The number of carboxylic acid groups (broad SMARTS) is 1. The Morgan fingerprint density at radius 3 is 2.67 bits per heavy atom. The fraction of sp³-hybridized carbons (Fsp3) is 0.0588. The van der Waals surface area contributed by atoms with E-state index in [0.717, 1.165) is 16.9 Å². The number of aromatic nitrogens is 1. The molecule has 0 unspecified atom stereocenters. The molecule has 4 nitrogen and oxygen atoms in total. The third kappa shape index (κ3) is 3.72. The van der Waals surface area contributed by atoms with Crippen LogP contribution >= 0.6 is 22.9 Å². The van der Waals surface area contributed by atoms with Gasteiger partial charge in [-0.15, -0.1) is 11.3 Å². The topological polar surface area (TPSA) is 59.4 Å². The van der Waals surface area contributed by atoms with Gasteiger partial charge < -0.3 is 9.84 Å². The number of carboxylic acids is 1. The minimum absolute atomic E-state index is 0.0155. The minimum Gasteiger partial charge on any atom is -0.477 e. The normalized spacial score (nSPS) is 10.6. The van der Waals surface area contributed by atoms with E-state index in [1.807, 2.05) is 0 Å². The van der Waals surface area contributed by atoms with E-state index in [1.54, 1.807) is 36.4 Å². The van der Waals surface area contributed by atoms with E-state index in [2.05, 4.69) is 4.98 Å². The fourth-order valence-corrected chi connectivity index (χ4v) is 2.99. The van der Waals surface area contributed by atoms with Gasteiger partial charge in [-0.1, -0.05) is 35.9 Å². The van der Waals surface area contributed by atoms with Gasteiger partial charge in [0.1, 0.15) is 17.4 Å². The number of carbonyl (C=O) groups is 1. The van der Waals surface area contributed by atoms with Crippen molar-refractivity contribution < 1.29 is 19.0 Å². The van der Waals surface area contributed by atoms with E-state index in [9.17, 15) is 14.3 Å². The highest BCUT2D eigenvalue weighted by Crippen LogP contribution is 2.33. The predicted molar refractivity (Wildman–Crippen MR) is 90.3 cm³/mol. The van der Waals surface area contributed by atoms with Gasteiger partial charge in [0.25, 0.3) is 0 Å². The molecule has 0 fully saturated rings. The molecule has 0 radical (unpaired) electrons. The van der Waals surface area contributed by atoms with Crippen LogP contribution in [-0.2, 0) is 6.61 Å². The van der Waals surface area contributed by atoms with Gasteiger partial charge in [-0.3, -0.25) is 0 Å². The zero-order valence-electron chi connectivity index (χ0n) is 12.2. The Bertz CT molecular complexity index is 880. The summed E-state index contributed by atoms with van der Waals surface area (Å²) in [6.45, 7) is 0.157. The van der Waals surface area contributed by atoms with Gasteiger partial charge >= 0.3 is 5.97 Å². The zero-order chi connectivity index (χ0) is 17.1. The largest absolute Gasteiger partial charge is 0.477 e. The number of nitrogens with zero attached hydrogens (tertiary/aromatic N) is 1. The molecule has 2 aromatic carbocycles. The molecule has 122 valence electrons. The maximum absolute atomic E-state index is 13.3. The molecular formula is C17H11ClFNO3S. The molecular weight excluding hydrogens is 353 g/mol. The molecule has 0 saturated heterocycles. The number of hydrogen-bond acceptors (Lipinski definition) is 4. The van der Waals surface area contributed by atoms with Crippen molar-refractivity contribution in [2.75, 3.05) is 0 Å². The molecule has 0 aliphatic heterocycles. The maximum Gasteiger partial charge on any atom is 0.351 e. The number of aromatic carboxylic acids is 1. The second kappa shape index (κ2) is 6.98. The molecule has 7 heteroatoms. The summed E-state index contributed by atoms with van der Waals surface area (Å²) in [7, 11) is 0. The van der Waals surface area contributed by atoms with Gasteiger partial charge in [-0.05, 0) is 29.8 Å². The van der Waals surface area contributed by atoms with Crippen LogP contribution in [0.2, 0.25) is 5.02 Å². The predicted octanol–water partition coefficient (Wildman–Crippen LogP) is 4.88. The van der Waals surface area contributed by atoms with Crippen LogP contribution < -0.4 is 4.74 Å². The highest BCUT2D eigenvalue weighted by molar-refractivity contribution is 7.17. The smallest absolute Gasteiger partial charge is 0.351 e. The first-order chi connectivity index (χ1) is 11.5. The van der Waals surface area contributed by atoms with Gasteiger partial charge in [0.15, 0.2) is 4.88 Å². The van der Waals surface area contributed by atoms with Crippen molar-refractivity contribution >= 4 is 28.9 Å². The zero-order valence-corrected chi connectivity index (χ0v) is 13.8. The second-order valence-corrected chi connectivity index (χ2v) is 6.32. The lowest BCUT2D eigenvalue weighted by Gasteiger charge is -2.04. The summed E-state index contributed by atoms with van der Waals surface area (Å²) >= 11 is 6.76. The highest BCUT2D eigenvalue weighted by atomic mass is 35.5. The Labute approximate surface area is 146 Å². The van der Waals surface area contributed by atoms with Crippen molar-refractivity contribution in [2.45, 2.75) is 6.61 Å². The van der Waals surface area contributed by atoms with Gasteiger partial charge in [-0.2, -0.15) is 0 Å². The lowest BCUT2D eigenvalue weighted by Crippen LogP contribution is -2.01. The van der Waals surface area contributed by atoms with Crippen LogP contribution in [0.5, 0.6) is 5.88 Å². The number of benzene rings is 2.